The van der Waals surface area contributed by atoms with Crippen LogP contribution in [0.4, 0.5) is 0 Å². The van der Waals surface area contributed by atoms with Crippen molar-refractivity contribution in [2.45, 2.75) is 20.0 Å². The zero-order valence-electron chi connectivity index (χ0n) is 14.8. The van der Waals surface area contributed by atoms with Gasteiger partial charge in [0.1, 0.15) is 18.2 Å². The number of aryl methyl sites for hydroxylation is 1. The molecule has 2 aromatic carbocycles. The Balaban J connectivity index is 1.85. The number of hydrogen-bond acceptors (Lipinski definition) is 5. The van der Waals surface area contributed by atoms with Gasteiger partial charge >= 0.3 is 0 Å². The third-order valence-electron chi connectivity index (χ3n) is 4.12. The zero-order chi connectivity index (χ0) is 17.8. The van der Waals surface area contributed by atoms with E-state index in [1.54, 1.807) is 14.2 Å². The summed E-state index contributed by atoms with van der Waals surface area (Å²) in [6.45, 7) is 3.57. The van der Waals surface area contributed by atoms with Crippen molar-refractivity contribution in [3.63, 3.8) is 0 Å². The fourth-order valence-electron chi connectivity index (χ4n) is 2.80. The molecule has 25 heavy (non-hydrogen) atoms. The molecule has 0 aliphatic rings. The summed E-state index contributed by atoms with van der Waals surface area (Å²) in [5.74, 6) is 2.97. The lowest BCUT2D eigenvalue weighted by Crippen LogP contribution is -2.13. The maximum absolute atomic E-state index is 5.87. The second-order valence-corrected chi connectivity index (χ2v) is 5.74. The second-order valence-electron chi connectivity index (χ2n) is 5.74. The molecule has 0 fully saturated rings. The van der Waals surface area contributed by atoms with Gasteiger partial charge in [-0.1, -0.05) is 17.7 Å². The first-order chi connectivity index (χ1) is 12.2. The van der Waals surface area contributed by atoms with Crippen molar-refractivity contribution in [3.05, 3.63) is 47.8 Å². The highest BCUT2D eigenvalue weighted by atomic mass is 16.5. The summed E-state index contributed by atoms with van der Waals surface area (Å²) in [6.07, 6.45) is 0. The maximum Gasteiger partial charge on any atom is 0.163 e. The van der Waals surface area contributed by atoms with Crippen molar-refractivity contribution in [1.29, 1.82) is 0 Å². The molecule has 0 saturated carbocycles. The molecular formula is C19H23N3O3. The van der Waals surface area contributed by atoms with E-state index in [-0.39, 0.29) is 0 Å². The van der Waals surface area contributed by atoms with Crippen LogP contribution in [0.2, 0.25) is 0 Å². The van der Waals surface area contributed by atoms with Gasteiger partial charge in [0.05, 0.1) is 38.3 Å². The van der Waals surface area contributed by atoms with Gasteiger partial charge in [-0.2, -0.15) is 0 Å². The van der Waals surface area contributed by atoms with Crippen LogP contribution in [0.15, 0.2) is 36.4 Å². The SMILES string of the molecule is COc1cc2nc(CN)n(CCOc3ccc(C)cc3)c2cc1OC. The zero-order valence-corrected chi connectivity index (χ0v) is 14.8. The second kappa shape index (κ2) is 7.44. The van der Waals surface area contributed by atoms with E-state index < -0.39 is 0 Å². The third kappa shape index (κ3) is 3.53. The number of rotatable bonds is 7. The predicted octanol–water partition coefficient (Wildman–Crippen LogP) is 2.90. The Hall–Kier alpha value is -2.73. The number of methoxy groups -OCH3 is 2. The van der Waals surface area contributed by atoms with Crippen LogP contribution in [0.1, 0.15) is 11.4 Å². The predicted molar refractivity (Wildman–Crippen MR) is 97.4 cm³/mol. The third-order valence-corrected chi connectivity index (χ3v) is 4.12. The molecule has 2 N–H and O–H groups in total. The molecule has 0 amide bonds. The quantitative estimate of drug-likeness (QED) is 0.715. The Kier molecular flexibility index (Phi) is 5.09. The van der Waals surface area contributed by atoms with Crippen molar-refractivity contribution >= 4 is 11.0 Å². The van der Waals surface area contributed by atoms with Gasteiger partial charge in [0.15, 0.2) is 11.5 Å². The molecule has 0 radical (unpaired) electrons. The number of aromatic nitrogens is 2. The minimum absolute atomic E-state index is 0.351. The molecule has 0 unspecified atom stereocenters. The molecule has 6 heteroatoms. The van der Waals surface area contributed by atoms with E-state index in [0.29, 0.717) is 31.2 Å². The van der Waals surface area contributed by atoms with Gasteiger partial charge in [-0.25, -0.2) is 4.98 Å². The summed E-state index contributed by atoms with van der Waals surface area (Å²) in [5, 5.41) is 0. The summed E-state index contributed by atoms with van der Waals surface area (Å²) in [7, 11) is 3.23. The molecule has 3 aromatic rings. The lowest BCUT2D eigenvalue weighted by atomic mass is 10.2. The summed E-state index contributed by atoms with van der Waals surface area (Å²) in [6, 6.07) is 11.8. The van der Waals surface area contributed by atoms with E-state index in [2.05, 4.69) is 16.5 Å². The number of benzene rings is 2. The minimum Gasteiger partial charge on any atom is -0.493 e. The molecule has 6 nitrogen and oxygen atoms in total. The van der Waals surface area contributed by atoms with E-state index in [1.807, 2.05) is 36.4 Å². The first-order valence-electron chi connectivity index (χ1n) is 8.17. The molecule has 1 aromatic heterocycles. The highest BCUT2D eigenvalue weighted by molar-refractivity contribution is 5.80. The molecule has 0 aliphatic heterocycles. The molecule has 0 aliphatic carbocycles. The van der Waals surface area contributed by atoms with Crippen LogP contribution in [0.25, 0.3) is 11.0 Å². The van der Waals surface area contributed by atoms with Crippen LogP contribution in [0, 0.1) is 6.92 Å². The molecule has 1 heterocycles. The van der Waals surface area contributed by atoms with Gasteiger partial charge in [0.25, 0.3) is 0 Å². The first kappa shape index (κ1) is 17.1. The topological polar surface area (TPSA) is 71.5 Å². The smallest absolute Gasteiger partial charge is 0.163 e. The monoisotopic (exact) mass is 341 g/mol. The standard InChI is InChI=1S/C19H23N3O3/c1-13-4-6-14(7-5-13)25-9-8-22-16-11-18(24-3)17(23-2)10-15(16)21-19(22)12-20/h4-7,10-11H,8-9,12,20H2,1-3H3. The molecule has 0 atom stereocenters. The number of ether oxygens (including phenoxy) is 3. The molecule has 0 bridgehead atoms. The van der Waals surface area contributed by atoms with Crippen molar-refractivity contribution in [2.75, 3.05) is 20.8 Å². The molecule has 3 rings (SSSR count). The average Bonchev–Trinajstić information content (AvgIpc) is 2.98. The Morgan fingerprint density at radius 2 is 1.72 bits per heavy atom. The Bertz CT molecular complexity index is 856. The van der Waals surface area contributed by atoms with Crippen molar-refractivity contribution in [2.24, 2.45) is 5.73 Å². The van der Waals surface area contributed by atoms with E-state index in [4.69, 9.17) is 19.9 Å². The largest absolute Gasteiger partial charge is 0.493 e. The maximum atomic E-state index is 5.87. The number of nitrogens with zero attached hydrogens (tertiary/aromatic N) is 2. The average molecular weight is 341 g/mol. The summed E-state index contributed by atoms with van der Waals surface area (Å²) < 4.78 is 18.6. The minimum atomic E-state index is 0.351. The van der Waals surface area contributed by atoms with Crippen molar-refractivity contribution in [1.82, 2.24) is 9.55 Å². The lowest BCUT2D eigenvalue weighted by molar-refractivity contribution is 0.298. The van der Waals surface area contributed by atoms with Crippen LogP contribution in [-0.4, -0.2) is 30.4 Å². The van der Waals surface area contributed by atoms with E-state index >= 15 is 0 Å². The van der Waals surface area contributed by atoms with Crippen LogP contribution >= 0.6 is 0 Å². The normalized spacial score (nSPS) is 10.9. The van der Waals surface area contributed by atoms with Crippen LogP contribution in [-0.2, 0) is 13.1 Å². The van der Waals surface area contributed by atoms with Gasteiger partial charge in [0, 0.05) is 12.1 Å². The van der Waals surface area contributed by atoms with Crippen LogP contribution < -0.4 is 19.9 Å². The van der Waals surface area contributed by atoms with Gasteiger partial charge in [0.2, 0.25) is 0 Å². The molecule has 132 valence electrons. The van der Waals surface area contributed by atoms with Gasteiger partial charge < -0.3 is 24.5 Å². The van der Waals surface area contributed by atoms with E-state index in [9.17, 15) is 0 Å². The van der Waals surface area contributed by atoms with Crippen molar-refractivity contribution < 1.29 is 14.2 Å². The Morgan fingerprint density at radius 1 is 1.04 bits per heavy atom. The molecule has 0 saturated heterocycles. The number of nitrogens with two attached hydrogens (primary N) is 1. The Morgan fingerprint density at radius 3 is 2.36 bits per heavy atom. The highest BCUT2D eigenvalue weighted by Crippen LogP contribution is 2.32. The van der Waals surface area contributed by atoms with E-state index in [0.717, 1.165) is 22.6 Å². The van der Waals surface area contributed by atoms with Gasteiger partial charge in [-0.05, 0) is 19.1 Å². The number of fused-ring (bicyclic) bond motifs is 1. The molecular weight excluding hydrogens is 318 g/mol. The van der Waals surface area contributed by atoms with Crippen LogP contribution in [0.3, 0.4) is 0 Å². The Labute approximate surface area is 147 Å². The fourth-order valence-corrected chi connectivity index (χ4v) is 2.80. The summed E-state index contributed by atoms with van der Waals surface area (Å²) in [5.41, 5.74) is 8.85. The van der Waals surface area contributed by atoms with Crippen LogP contribution in [0.5, 0.6) is 17.2 Å². The van der Waals surface area contributed by atoms with Crippen molar-refractivity contribution in [3.8, 4) is 17.2 Å². The van der Waals surface area contributed by atoms with E-state index in [1.165, 1.54) is 5.56 Å². The first-order valence-corrected chi connectivity index (χ1v) is 8.17. The van der Waals surface area contributed by atoms with Gasteiger partial charge in [-0.3, -0.25) is 0 Å². The highest BCUT2D eigenvalue weighted by Gasteiger charge is 2.14. The lowest BCUT2D eigenvalue weighted by Gasteiger charge is -2.11. The fraction of sp³-hybridized carbons (Fsp3) is 0.316. The number of hydrogen-bond donors (Lipinski definition) is 1. The number of imidazole rings is 1. The summed E-state index contributed by atoms with van der Waals surface area (Å²) in [4.78, 5) is 4.60. The summed E-state index contributed by atoms with van der Waals surface area (Å²) >= 11 is 0. The van der Waals surface area contributed by atoms with Gasteiger partial charge in [-0.15, -0.1) is 0 Å². The molecule has 0 spiro atoms.